The molecule has 0 heterocycles. The third kappa shape index (κ3) is 0.543. The van der Waals surface area contributed by atoms with E-state index in [2.05, 4.69) is 11.4 Å². The van der Waals surface area contributed by atoms with Crippen LogP contribution in [0, 0.1) is 52.3 Å². The van der Waals surface area contributed by atoms with Crippen LogP contribution in [0.4, 0.5) is 4.79 Å². The number of hydrogen-bond acceptors (Lipinski definition) is 3. The van der Waals surface area contributed by atoms with Crippen LogP contribution in [0.15, 0.2) is 0 Å². The fourth-order valence-corrected chi connectivity index (χ4v) is 6.48. The molecule has 6 rings (SSSR count). The van der Waals surface area contributed by atoms with Gasteiger partial charge in [0.05, 0.1) is 17.0 Å². The molecule has 6 aliphatic rings. The first-order chi connectivity index (χ1) is 8.39. The Morgan fingerprint density at radius 3 is 2.06 bits per heavy atom. The highest BCUT2D eigenvalue weighted by molar-refractivity contribution is 5.74. The van der Waals surface area contributed by atoms with E-state index in [0.29, 0.717) is 35.5 Å². The number of rotatable bonds is 1. The van der Waals surface area contributed by atoms with Gasteiger partial charge < -0.3 is 10.1 Å². The summed E-state index contributed by atoms with van der Waals surface area (Å²) < 4.78 is 5.35. The number of nitrogens with one attached hydrogen (secondary N) is 1. The van der Waals surface area contributed by atoms with E-state index in [9.17, 15) is 10.1 Å². The summed E-state index contributed by atoms with van der Waals surface area (Å²) in [5.74, 6) is 3.63. The molecule has 1 N–H and O–H groups in total. The molecule has 1 amide bonds. The molecule has 0 radical (unpaired) electrons. The average molecular weight is 244 g/mol. The molecule has 0 atom stereocenters. The molecule has 0 unspecified atom stereocenters. The number of ether oxygens (including phenoxy) is 1. The number of alkyl carbamates (subject to hydrolysis) is 1. The Bertz CT molecular complexity index is 500. The molecule has 6 aliphatic carbocycles. The van der Waals surface area contributed by atoms with E-state index >= 15 is 0 Å². The van der Waals surface area contributed by atoms with Crippen LogP contribution in [0.25, 0.3) is 0 Å². The summed E-state index contributed by atoms with van der Waals surface area (Å²) in [5.41, 5.74) is -0.310. The fraction of sp³-hybridized carbons (Fsp3) is 0.857. The van der Waals surface area contributed by atoms with E-state index in [4.69, 9.17) is 4.74 Å². The molecule has 6 saturated carbocycles. The summed E-state index contributed by atoms with van der Waals surface area (Å²) in [5, 5.41) is 12.4. The predicted molar refractivity (Wildman–Crippen MR) is 61.1 cm³/mol. The minimum absolute atomic E-state index is 0.0565. The van der Waals surface area contributed by atoms with Crippen LogP contribution >= 0.6 is 0 Å². The Hall–Kier alpha value is -1.24. The van der Waals surface area contributed by atoms with Crippen LogP contribution < -0.4 is 5.32 Å². The van der Waals surface area contributed by atoms with Crippen molar-refractivity contribution in [3.05, 3.63) is 0 Å². The van der Waals surface area contributed by atoms with Crippen molar-refractivity contribution in [2.45, 2.75) is 31.9 Å². The second kappa shape index (κ2) is 2.07. The van der Waals surface area contributed by atoms with Crippen molar-refractivity contribution < 1.29 is 9.53 Å². The van der Waals surface area contributed by atoms with Gasteiger partial charge in [0.15, 0.2) is 0 Å². The van der Waals surface area contributed by atoms with E-state index in [1.165, 1.54) is 0 Å². The monoisotopic (exact) mass is 244 g/mol. The van der Waals surface area contributed by atoms with E-state index < -0.39 is 5.60 Å². The van der Waals surface area contributed by atoms with Gasteiger partial charge in [0.2, 0.25) is 0 Å². The van der Waals surface area contributed by atoms with Gasteiger partial charge in [0, 0.05) is 0 Å². The van der Waals surface area contributed by atoms with Gasteiger partial charge in [-0.25, -0.2) is 4.79 Å². The lowest BCUT2D eigenvalue weighted by molar-refractivity contribution is -0.607. The number of amides is 1. The molecule has 0 aromatic heterocycles. The molecule has 94 valence electrons. The Kier molecular flexibility index (Phi) is 1.11. The van der Waals surface area contributed by atoms with Crippen LogP contribution in [-0.2, 0) is 4.74 Å². The molecule has 0 aromatic carbocycles. The zero-order chi connectivity index (χ0) is 12.7. The first kappa shape index (κ1) is 9.66. The Balaban J connectivity index is 1.34. The molecule has 0 aromatic rings. The zero-order valence-corrected chi connectivity index (χ0v) is 10.7. The van der Waals surface area contributed by atoms with Crippen molar-refractivity contribution in [1.82, 2.24) is 5.32 Å². The second-order valence-corrected chi connectivity index (χ2v) is 7.76. The third-order valence-corrected chi connectivity index (χ3v) is 6.54. The summed E-state index contributed by atoms with van der Waals surface area (Å²) >= 11 is 0. The lowest BCUT2D eigenvalue weighted by atomic mass is 8.94. The average Bonchev–Trinajstić information content (AvgIpc) is 2.27. The van der Waals surface area contributed by atoms with Crippen molar-refractivity contribution >= 4 is 6.09 Å². The summed E-state index contributed by atoms with van der Waals surface area (Å²) in [4.78, 5) is 11.9. The highest BCUT2D eigenvalue weighted by Gasteiger charge is 3.11. The molecule has 0 saturated heterocycles. The lowest BCUT2D eigenvalue weighted by Gasteiger charge is -3.09. The van der Waals surface area contributed by atoms with Crippen LogP contribution in [0.3, 0.4) is 0 Å². The zero-order valence-electron chi connectivity index (χ0n) is 10.7. The van der Waals surface area contributed by atoms with E-state index in [1.807, 2.05) is 20.8 Å². The quantitative estimate of drug-likeness (QED) is 0.760. The number of carbonyl (C=O) groups excluding carboxylic acids is 1. The highest BCUT2D eigenvalue weighted by Crippen LogP contribution is 3.06. The van der Waals surface area contributed by atoms with E-state index in [0.717, 1.165) is 0 Å². The van der Waals surface area contributed by atoms with Crippen molar-refractivity contribution in [3.8, 4) is 6.07 Å². The molecular weight excluding hydrogens is 228 g/mol. The summed E-state index contributed by atoms with van der Waals surface area (Å²) in [6, 6.07) is 2.56. The molecular formula is C14H16N2O2. The fourth-order valence-electron chi connectivity index (χ4n) is 6.48. The number of nitrogens with zero attached hydrogens (tertiary/aromatic N) is 1. The van der Waals surface area contributed by atoms with Crippen LogP contribution in [-0.4, -0.2) is 17.2 Å². The van der Waals surface area contributed by atoms with Crippen molar-refractivity contribution in [3.63, 3.8) is 0 Å². The first-order valence-electron chi connectivity index (χ1n) is 6.82. The van der Waals surface area contributed by atoms with E-state index in [-0.39, 0.29) is 17.0 Å². The Labute approximate surface area is 106 Å². The van der Waals surface area contributed by atoms with Gasteiger partial charge in [-0.15, -0.1) is 0 Å². The van der Waals surface area contributed by atoms with Gasteiger partial charge in [-0.1, -0.05) is 0 Å². The van der Waals surface area contributed by atoms with Gasteiger partial charge in [-0.3, -0.25) is 0 Å². The summed E-state index contributed by atoms with van der Waals surface area (Å²) in [7, 11) is 0. The normalized spacial score (nSPS) is 62.8. The van der Waals surface area contributed by atoms with Gasteiger partial charge in [-0.2, -0.15) is 5.26 Å². The van der Waals surface area contributed by atoms with Gasteiger partial charge in [-0.05, 0) is 56.3 Å². The molecule has 4 heteroatoms. The maximum Gasteiger partial charge on any atom is 0.408 e. The van der Waals surface area contributed by atoms with E-state index in [1.54, 1.807) is 0 Å². The highest BCUT2D eigenvalue weighted by atomic mass is 16.6. The molecule has 0 spiro atoms. The van der Waals surface area contributed by atoms with Crippen LogP contribution in [0.2, 0.25) is 0 Å². The van der Waals surface area contributed by atoms with Gasteiger partial charge in [0.25, 0.3) is 0 Å². The summed E-state index contributed by atoms with van der Waals surface area (Å²) in [6.07, 6.45) is -0.274. The largest absolute Gasteiger partial charge is 0.444 e. The predicted octanol–water partition coefficient (Wildman–Crippen LogP) is 1.53. The minimum atomic E-state index is -0.434. The topological polar surface area (TPSA) is 62.1 Å². The van der Waals surface area contributed by atoms with Crippen molar-refractivity contribution in [1.29, 1.82) is 5.26 Å². The van der Waals surface area contributed by atoms with Crippen molar-refractivity contribution in [2.24, 2.45) is 40.9 Å². The third-order valence-electron chi connectivity index (χ3n) is 6.54. The second-order valence-electron chi connectivity index (χ2n) is 7.76. The molecule has 6 fully saturated rings. The number of nitriles is 1. The van der Waals surface area contributed by atoms with Gasteiger partial charge in [0.1, 0.15) is 5.60 Å². The molecule has 0 aliphatic heterocycles. The number of hydrogen-bond donors (Lipinski definition) is 1. The Morgan fingerprint density at radius 2 is 1.67 bits per heavy atom. The standard InChI is InChI=1S/C14H16N2O2/c1-12(2,3)18-11(17)16-14-8-5-9(14)7-10(14)6(8)13(5,7)4-15/h5-10H,1-3H3,(H,16,17). The number of carbonyl (C=O) groups is 1. The maximum atomic E-state index is 11.9. The lowest BCUT2D eigenvalue weighted by Crippen LogP contribution is -3.15. The van der Waals surface area contributed by atoms with Crippen LogP contribution in [0.5, 0.6) is 0 Å². The maximum absolute atomic E-state index is 11.9. The Morgan fingerprint density at radius 1 is 1.17 bits per heavy atom. The molecule has 0 bridgehead atoms. The summed E-state index contributed by atoms with van der Waals surface area (Å²) in [6.45, 7) is 5.66. The first-order valence-corrected chi connectivity index (χ1v) is 6.82. The van der Waals surface area contributed by atoms with Crippen molar-refractivity contribution in [2.75, 3.05) is 0 Å². The molecule has 4 nitrogen and oxygen atoms in total. The van der Waals surface area contributed by atoms with Gasteiger partial charge >= 0.3 is 6.09 Å². The van der Waals surface area contributed by atoms with Crippen LogP contribution in [0.1, 0.15) is 20.8 Å². The smallest absolute Gasteiger partial charge is 0.408 e. The molecule has 18 heavy (non-hydrogen) atoms. The minimum Gasteiger partial charge on any atom is -0.444 e. The SMILES string of the molecule is CC(C)(C)OC(=O)NC12C3C4C1C1C2C3C41C#N.